The van der Waals surface area contributed by atoms with Crippen LogP contribution in [-0.2, 0) is 0 Å². The summed E-state index contributed by atoms with van der Waals surface area (Å²) in [5, 5.41) is 14.5. The molecule has 0 unspecified atom stereocenters. The SMILES string of the molecule is CCCC[C@@H](c1cc(Cl)cc(C)c1O)N1CCNCC1.Cl.Cl. The molecule has 1 heterocycles. The van der Waals surface area contributed by atoms with Crippen molar-refractivity contribution in [2.75, 3.05) is 26.2 Å². The third kappa shape index (κ3) is 5.47. The van der Waals surface area contributed by atoms with E-state index < -0.39 is 0 Å². The Hall–Kier alpha value is -0.190. The van der Waals surface area contributed by atoms with Crippen LogP contribution in [0.5, 0.6) is 5.75 Å². The van der Waals surface area contributed by atoms with Gasteiger partial charge in [0.1, 0.15) is 5.75 Å². The average Bonchev–Trinajstić information content (AvgIpc) is 2.45. The van der Waals surface area contributed by atoms with E-state index in [1.807, 2.05) is 19.1 Å². The fraction of sp³-hybridized carbons (Fsp3) is 0.625. The number of phenolic OH excluding ortho intramolecular Hbond substituents is 1. The summed E-state index contributed by atoms with van der Waals surface area (Å²) in [6, 6.07) is 4.04. The van der Waals surface area contributed by atoms with E-state index in [9.17, 15) is 5.11 Å². The first-order valence-electron chi connectivity index (χ1n) is 7.57. The van der Waals surface area contributed by atoms with Crippen molar-refractivity contribution in [3.05, 3.63) is 28.3 Å². The van der Waals surface area contributed by atoms with E-state index in [0.717, 1.165) is 43.7 Å². The number of nitrogens with one attached hydrogen (secondary N) is 1. The fourth-order valence-corrected chi connectivity index (χ4v) is 3.22. The molecule has 1 aromatic rings. The maximum atomic E-state index is 10.4. The second-order valence-electron chi connectivity index (χ2n) is 5.60. The predicted octanol–water partition coefficient (Wildman–Crippen LogP) is 4.33. The molecule has 0 aliphatic carbocycles. The molecule has 6 heteroatoms. The Morgan fingerprint density at radius 3 is 2.50 bits per heavy atom. The summed E-state index contributed by atoms with van der Waals surface area (Å²) in [4.78, 5) is 2.47. The van der Waals surface area contributed by atoms with E-state index in [4.69, 9.17) is 11.6 Å². The monoisotopic (exact) mass is 368 g/mol. The molecule has 0 spiro atoms. The number of unbranched alkanes of at least 4 members (excludes halogenated alkanes) is 1. The predicted molar refractivity (Wildman–Crippen MR) is 99.1 cm³/mol. The number of phenols is 1. The molecule has 0 saturated carbocycles. The van der Waals surface area contributed by atoms with E-state index in [0.29, 0.717) is 10.8 Å². The van der Waals surface area contributed by atoms with Gasteiger partial charge in [-0.05, 0) is 31.0 Å². The summed E-state index contributed by atoms with van der Waals surface area (Å²) in [5.41, 5.74) is 1.86. The van der Waals surface area contributed by atoms with Gasteiger partial charge in [0, 0.05) is 42.8 Å². The van der Waals surface area contributed by atoms with Crippen LogP contribution in [0.3, 0.4) is 0 Å². The molecule has 1 fully saturated rings. The van der Waals surface area contributed by atoms with E-state index >= 15 is 0 Å². The van der Waals surface area contributed by atoms with Crippen LogP contribution in [0.2, 0.25) is 5.02 Å². The van der Waals surface area contributed by atoms with Gasteiger partial charge in [-0.15, -0.1) is 24.8 Å². The smallest absolute Gasteiger partial charge is 0.123 e. The topological polar surface area (TPSA) is 35.5 Å². The second kappa shape index (κ2) is 10.6. The number of piperazine rings is 1. The number of rotatable bonds is 5. The highest BCUT2D eigenvalue weighted by atomic mass is 35.5. The molecule has 3 nitrogen and oxygen atoms in total. The molecule has 2 rings (SSSR count). The first-order chi connectivity index (χ1) is 9.63. The van der Waals surface area contributed by atoms with Crippen molar-refractivity contribution >= 4 is 36.4 Å². The van der Waals surface area contributed by atoms with Gasteiger partial charge in [0.15, 0.2) is 0 Å². The molecular formula is C16H27Cl3N2O. The summed E-state index contributed by atoms with van der Waals surface area (Å²) in [6.07, 6.45) is 3.41. The minimum Gasteiger partial charge on any atom is -0.507 e. The molecule has 0 bridgehead atoms. The van der Waals surface area contributed by atoms with Crippen molar-refractivity contribution in [2.24, 2.45) is 0 Å². The van der Waals surface area contributed by atoms with Crippen molar-refractivity contribution in [3.8, 4) is 5.75 Å². The van der Waals surface area contributed by atoms with E-state index in [1.54, 1.807) is 0 Å². The van der Waals surface area contributed by atoms with Crippen molar-refractivity contribution < 1.29 is 5.11 Å². The number of benzene rings is 1. The minimum absolute atomic E-state index is 0. The number of aryl methyl sites for hydroxylation is 1. The fourth-order valence-electron chi connectivity index (χ4n) is 2.94. The summed E-state index contributed by atoms with van der Waals surface area (Å²) < 4.78 is 0. The lowest BCUT2D eigenvalue weighted by atomic mass is 9.96. The maximum Gasteiger partial charge on any atom is 0.123 e. The zero-order valence-corrected chi connectivity index (χ0v) is 15.7. The molecule has 22 heavy (non-hydrogen) atoms. The highest BCUT2D eigenvalue weighted by Gasteiger charge is 2.25. The quantitative estimate of drug-likeness (QED) is 0.810. The van der Waals surface area contributed by atoms with Gasteiger partial charge in [-0.2, -0.15) is 0 Å². The largest absolute Gasteiger partial charge is 0.507 e. The first kappa shape index (κ1) is 21.8. The van der Waals surface area contributed by atoms with Crippen LogP contribution >= 0.6 is 36.4 Å². The standard InChI is InChI=1S/C16H25ClN2O.2ClH/c1-3-4-5-15(19-8-6-18-7-9-19)14-11-13(17)10-12(2)16(14)20;;/h10-11,15,18,20H,3-9H2,1-2H3;2*1H/t15-;;/m0../s1. The van der Waals surface area contributed by atoms with Gasteiger partial charge in [-0.25, -0.2) is 0 Å². The Bertz CT molecular complexity index is 451. The molecule has 0 aromatic heterocycles. The Morgan fingerprint density at radius 1 is 1.27 bits per heavy atom. The van der Waals surface area contributed by atoms with E-state index in [1.165, 1.54) is 12.8 Å². The average molecular weight is 370 g/mol. The lowest BCUT2D eigenvalue weighted by molar-refractivity contribution is 0.160. The first-order valence-corrected chi connectivity index (χ1v) is 7.95. The summed E-state index contributed by atoms with van der Waals surface area (Å²) >= 11 is 6.20. The van der Waals surface area contributed by atoms with Gasteiger partial charge in [0.2, 0.25) is 0 Å². The normalized spacial score (nSPS) is 16.5. The summed E-state index contributed by atoms with van der Waals surface area (Å²) in [7, 11) is 0. The third-order valence-corrected chi connectivity index (χ3v) is 4.30. The van der Waals surface area contributed by atoms with E-state index in [2.05, 4.69) is 17.1 Å². The molecule has 2 N–H and O–H groups in total. The Balaban J connectivity index is 0.00000220. The summed E-state index contributed by atoms with van der Waals surface area (Å²) in [6.45, 7) is 8.21. The molecule has 1 aromatic carbocycles. The van der Waals surface area contributed by atoms with Gasteiger partial charge >= 0.3 is 0 Å². The second-order valence-corrected chi connectivity index (χ2v) is 6.04. The highest BCUT2D eigenvalue weighted by molar-refractivity contribution is 6.30. The number of aromatic hydroxyl groups is 1. The van der Waals surface area contributed by atoms with Crippen molar-refractivity contribution in [2.45, 2.75) is 39.2 Å². The number of hydrogen-bond acceptors (Lipinski definition) is 3. The summed E-state index contributed by atoms with van der Waals surface area (Å²) in [5.74, 6) is 0.411. The highest BCUT2D eigenvalue weighted by Crippen LogP contribution is 2.36. The lowest BCUT2D eigenvalue weighted by Crippen LogP contribution is -2.45. The zero-order valence-electron chi connectivity index (χ0n) is 13.3. The van der Waals surface area contributed by atoms with Crippen molar-refractivity contribution in [1.82, 2.24) is 10.2 Å². The van der Waals surface area contributed by atoms with Crippen LogP contribution < -0.4 is 5.32 Å². The molecule has 1 aliphatic heterocycles. The zero-order chi connectivity index (χ0) is 14.5. The number of halogens is 3. The van der Waals surface area contributed by atoms with Crippen LogP contribution in [0.4, 0.5) is 0 Å². The van der Waals surface area contributed by atoms with Gasteiger partial charge in [-0.1, -0.05) is 31.4 Å². The van der Waals surface area contributed by atoms with Crippen molar-refractivity contribution in [3.63, 3.8) is 0 Å². The Morgan fingerprint density at radius 2 is 1.91 bits per heavy atom. The van der Waals surface area contributed by atoms with Gasteiger partial charge in [0.05, 0.1) is 0 Å². The third-order valence-electron chi connectivity index (χ3n) is 4.08. The van der Waals surface area contributed by atoms with Gasteiger partial charge in [-0.3, -0.25) is 4.90 Å². The van der Waals surface area contributed by atoms with E-state index in [-0.39, 0.29) is 30.9 Å². The maximum absolute atomic E-state index is 10.4. The van der Waals surface area contributed by atoms with Crippen LogP contribution in [0.15, 0.2) is 12.1 Å². The molecule has 1 aliphatic rings. The number of nitrogens with zero attached hydrogens (tertiary/aromatic N) is 1. The Kier molecular flexibility index (Phi) is 10.5. The van der Waals surface area contributed by atoms with Gasteiger partial charge in [0.25, 0.3) is 0 Å². The Labute approximate surface area is 151 Å². The molecule has 128 valence electrons. The van der Waals surface area contributed by atoms with Crippen LogP contribution in [0.25, 0.3) is 0 Å². The molecule has 1 atom stereocenters. The number of hydrogen-bond donors (Lipinski definition) is 2. The van der Waals surface area contributed by atoms with Crippen LogP contribution in [0.1, 0.15) is 43.4 Å². The molecule has 0 radical (unpaired) electrons. The molecule has 0 amide bonds. The van der Waals surface area contributed by atoms with Crippen molar-refractivity contribution in [1.29, 1.82) is 0 Å². The van der Waals surface area contributed by atoms with Gasteiger partial charge < -0.3 is 10.4 Å². The van der Waals surface area contributed by atoms with Crippen LogP contribution in [0, 0.1) is 6.92 Å². The molecular weight excluding hydrogens is 343 g/mol. The minimum atomic E-state index is 0. The van der Waals surface area contributed by atoms with Crippen LogP contribution in [-0.4, -0.2) is 36.2 Å². The molecule has 1 saturated heterocycles. The lowest BCUT2D eigenvalue weighted by Gasteiger charge is -2.36.